The lowest BCUT2D eigenvalue weighted by atomic mass is 10.2. The number of pyridine rings is 1. The van der Waals surface area contributed by atoms with Crippen molar-refractivity contribution in [2.24, 2.45) is 0 Å². The van der Waals surface area contributed by atoms with Crippen LogP contribution < -0.4 is 4.74 Å². The molecule has 0 spiro atoms. The second kappa shape index (κ2) is 10.0. The normalized spacial score (nSPS) is 15.6. The summed E-state index contributed by atoms with van der Waals surface area (Å²) < 4.78 is 10.8. The summed E-state index contributed by atoms with van der Waals surface area (Å²) in [6.45, 7) is 7.49. The third-order valence-corrected chi connectivity index (χ3v) is 4.84. The minimum absolute atomic E-state index is 0.181. The maximum absolute atomic E-state index is 12.7. The first-order valence-corrected chi connectivity index (χ1v) is 9.92. The van der Waals surface area contributed by atoms with Crippen LogP contribution in [0.5, 0.6) is 5.88 Å². The zero-order valence-corrected chi connectivity index (χ0v) is 16.9. The molecule has 3 rings (SSSR count). The Bertz CT molecular complexity index is 820. The lowest BCUT2D eigenvalue weighted by Gasteiger charge is -2.35. The summed E-state index contributed by atoms with van der Waals surface area (Å²) in [5, 5.41) is 0. The number of benzene rings is 1. The van der Waals surface area contributed by atoms with Crippen molar-refractivity contribution in [1.29, 1.82) is 0 Å². The largest absolute Gasteiger partial charge is 0.477 e. The van der Waals surface area contributed by atoms with E-state index in [2.05, 4.69) is 22.0 Å². The molecule has 0 bridgehead atoms. The van der Waals surface area contributed by atoms with E-state index >= 15 is 0 Å². The number of hydrogen-bond acceptors (Lipinski definition) is 6. The number of carbonyl (C=O) groups is 2. The van der Waals surface area contributed by atoms with E-state index < -0.39 is 12.1 Å². The van der Waals surface area contributed by atoms with Crippen LogP contribution in [0.1, 0.15) is 29.8 Å². The first-order chi connectivity index (χ1) is 14.1. The lowest BCUT2D eigenvalue weighted by Crippen LogP contribution is -2.51. The Morgan fingerprint density at radius 2 is 1.79 bits per heavy atom. The summed E-state index contributed by atoms with van der Waals surface area (Å²) in [6, 6.07) is 13.5. The van der Waals surface area contributed by atoms with Crippen LogP contribution in [-0.2, 0) is 16.1 Å². The van der Waals surface area contributed by atoms with E-state index in [0.717, 1.165) is 19.6 Å². The third-order valence-electron chi connectivity index (χ3n) is 4.84. The molecule has 7 nitrogen and oxygen atoms in total. The van der Waals surface area contributed by atoms with E-state index in [1.807, 2.05) is 25.1 Å². The Hall–Kier alpha value is -2.93. The number of ether oxygens (including phenoxy) is 2. The summed E-state index contributed by atoms with van der Waals surface area (Å²) in [4.78, 5) is 33.3. The molecule has 1 aromatic carbocycles. The molecule has 0 N–H and O–H groups in total. The van der Waals surface area contributed by atoms with Gasteiger partial charge in [-0.1, -0.05) is 30.3 Å². The van der Waals surface area contributed by atoms with Crippen molar-refractivity contribution in [3.8, 4) is 5.88 Å². The van der Waals surface area contributed by atoms with Crippen LogP contribution in [0.2, 0.25) is 0 Å². The summed E-state index contributed by atoms with van der Waals surface area (Å²) >= 11 is 0. The van der Waals surface area contributed by atoms with Gasteiger partial charge in [-0.25, -0.2) is 9.78 Å². The minimum Gasteiger partial charge on any atom is -0.477 e. The average molecular weight is 397 g/mol. The van der Waals surface area contributed by atoms with Gasteiger partial charge >= 0.3 is 5.97 Å². The molecule has 7 heteroatoms. The maximum Gasteiger partial charge on any atom is 0.344 e. The van der Waals surface area contributed by atoms with Gasteiger partial charge in [-0.05, 0) is 31.5 Å². The molecule has 1 atom stereocenters. The number of piperazine rings is 1. The highest BCUT2D eigenvalue weighted by Crippen LogP contribution is 2.17. The van der Waals surface area contributed by atoms with Gasteiger partial charge in [0.1, 0.15) is 5.56 Å². The summed E-state index contributed by atoms with van der Waals surface area (Å²) in [5.41, 5.74) is 1.48. The van der Waals surface area contributed by atoms with E-state index in [1.54, 1.807) is 30.2 Å². The Morgan fingerprint density at radius 3 is 2.48 bits per heavy atom. The predicted octanol–water partition coefficient (Wildman–Crippen LogP) is 2.37. The molecule has 0 radical (unpaired) electrons. The van der Waals surface area contributed by atoms with Crippen molar-refractivity contribution in [2.45, 2.75) is 26.5 Å². The highest BCUT2D eigenvalue weighted by molar-refractivity contribution is 5.94. The Kier molecular flexibility index (Phi) is 7.19. The van der Waals surface area contributed by atoms with Crippen LogP contribution in [0.4, 0.5) is 0 Å². The molecule has 1 saturated heterocycles. The fraction of sp³-hybridized carbons (Fsp3) is 0.409. The fourth-order valence-electron chi connectivity index (χ4n) is 3.30. The third kappa shape index (κ3) is 5.54. The van der Waals surface area contributed by atoms with Gasteiger partial charge in [-0.3, -0.25) is 9.69 Å². The standard InChI is InChI=1S/C22H27N3O4/c1-3-28-20-19(10-7-11-23-20)22(27)29-17(2)21(26)25-14-12-24(13-15-25)16-18-8-5-4-6-9-18/h4-11,17H,3,12-16H2,1-2H3/t17-/m1/s1. The molecule has 0 aliphatic carbocycles. The summed E-state index contributed by atoms with van der Waals surface area (Å²) in [6.07, 6.45) is 0.684. The van der Waals surface area contributed by atoms with Crippen LogP contribution in [-0.4, -0.2) is 65.6 Å². The minimum atomic E-state index is -0.863. The molecular weight excluding hydrogens is 370 g/mol. The van der Waals surface area contributed by atoms with Gasteiger partial charge < -0.3 is 14.4 Å². The highest BCUT2D eigenvalue weighted by atomic mass is 16.6. The van der Waals surface area contributed by atoms with Crippen molar-refractivity contribution in [3.05, 3.63) is 59.8 Å². The molecule has 1 aliphatic rings. The van der Waals surface area contributed by atoms with Crippen LogP contribution in [0.25, 0.3) is 0 Å². The van der Waals surface area contributed by atoms with E-state index in [4.69, 9.17) is 9.47 Å². The van der Waals surface area contributed by atoms with Gasteiger partial charge in [0.2, 0.25) is 5.88 Å². The summed E-state index contributed by atoms with van der Waals surface area (Å²) in [5.74, 6) is -0.571. The smallest absolute Gasteiger partial charge is 0.344 e. The van der Waals surface area contributed by atoms with Crippen molar-refractivity contribution in [2.75, 3.05) is 32.8 Å². The molecule has 1 aliphatic heterocycles. The highest BCUT2D eigenvalue weighted by Gasteiger charge is 2.28. The van der Waals surface area contributed by atoms with Gasteiger partial charge in [-0.2, -0.15) is 0 Å². The monoisotopic (exact) mass is 397 g/mol. The number of carbonyl (C=O) groups excluding carboxylic acids is 2. The predicted molar refractivity (Wildman–Crippen MR) is 109 cm³/mol. The van der Waals surface area contributed by atoms with Crippen molar-refractivity contribution < 1.29 is 19.1 Å². The molecule has 1 aromatic heterocycles. The molecule has 1 fully saturated rings. The Balaban J connectivity index is 1.51. The van der Waals surface area contributed by atoms with Gasteiger partial charge in [-0.15, -0.1) is 0 Å². The first kappa shape index (κ1) is 20.8. The molecule has 29 heavy (non-hydrogen) atoms. The van der Waals surface area contributed by atoms with Gasteiger partial charge in [0.15, 0.2) is 6.10 Å². The van der Waals surface area contributed by atoms with Crippen LogP contribution >= 0.6 is 0 Å². The first-order valence-electron chi connectivity index (χ1n) is 9.92. The van der Waals surface area contributed by atoms with E-state index in [0.29, 0.717) is 19.7 Å². The SMILES string of the molecule is CCOc1ncccc1C(=O)O[C@H](C)C(=O)N1CCN(Cc2ccccc2)CC1. The second-order valence-corrected chi connectivity index (χ2v) is 6.92. The lowest BCUT2D eigenvalue weighted by molar-refractivity contribution is -0.141. The van der Waals surface area contributed by atoms with Crippen molar-refractivity contribution in [3.63, 3.8) is 0 Å². The van der Waals surface area contributed by atoms with E-state index in [1.165, 1.54) is 5.56 Å². The number of rotatable bonds is 7. The molecule has 2 heterocycles. The second-order valence-electron chi connectivity index (χ2n) is 6.92. The molecule has 154 valence electrons. The number of hydrogen-bond donors (Lipinski definition) is 0. The summed E-state index contributed by atoms with van der Waals surface area (Å²) in [7, 11) is 0. The maximum atomic E-state index is 12.7. The van der Waals surface area contributed by atoms with E-state index in [-0.39, 0.29) is 17.4 Å². The van der Waals surface area contributed by atoms with Gasteiger partial charge in [0, 0.05) is 38.9 Å². The van der Waals surface area contributed by atoms with Crippen LogP contribution in [0, 0.1) is 0 Å². The van der Waals surface area contributed by atoms with Gasteiger partial charge in [0.25, 0.3) is 5.91 Å². The molecule has 0 saturated carbocycles. The number of esters is 1. The van der Waals surface area contributed by atoms with Crippen LogP contribution in [0.15, 0.2) is 48.7 Å². The van der Waals surface area contributed by atoms with E-state index in [9.17, 15) is 9.59 Å². The quantitative estimate of drug-likeness (QED) is 0.668. The number of aromatic nitrogens is 1. The average Bonchev–Trinajstić information content (AvgIpc) is 2.75. The Labute approximate surface area is 171 Å². The van der Waals surface area contributed by atoms with Crippen LogP contribution in [0.3, 0.4) is 0 Å². The van der Waals surface area contributed by atoms with Crippen molar-refractivity contribution in [1.82, 2.24) is 14.8 Å². The number of amides is 1. The zero-order valence-electron chi connectivity index (χ0n) is 16.9. The van der Waals surface area contributed by atoms with Crippen molar-refractivity contribution >= 4 is 11.9 Å². The fourth-order valence-corrected chi connectivity index (χ4v) is 3.30. The topological polar surface area (TPSA) is 72.0 Å². The Morgan fingerprint density at radius 1 is 1.07 bits per heavy atom. The molecule has 2 aromatic rings. The molecular formula is C22H27N3O4. The molecule has 1 amide bonds. The zero-order chi connectivity index (χ0) is 20.6. The molecule has 0 unspecified atom stereocenters. The number of nitrogens with zero attached hydrogens (tertiary/aromatic N) is 3. The van der Waals surface area contributed by atoms with Gasteiger partial charge in [0.05, 0.1) is 6.61 Å².